The largest absolute Gasteiger partial charge is 0.493 e. The summed E-state index contributed by atoms with van der Waals surface area (Å²) in [6, 6.07) is 12.5. The topological polar surface area (TPSA) is 30.5 Å². The Balaban J connectivity index is 2.02. The van der Waals surface area contributed by atoms with E-state index in [1.807, 2.05) is 18.2 Å². The van der Waals surface area contributed by atoms with Crippen LogP contribution in [-0.4, -0.2) is 12.6 Å². The van der Waals surface area contributed by atoms with E-state index in [1.54, 1.807) is 25.3 Å². The van der Waals surface area contributed by atoms with E-state index >= 15 is 0 Å². The van der Waals surface area contributed by atoms with Gasteiger partial charge in [0.1, 0.15) is 12.4 Å². The summed E-state index contributed by atoms with van der Waals surface area (Å²) in [7, 11) is 1.62. The molecule has 0 amide bonds. The molecule has 4 heteroatoms. The molecular weight excluding hydrogens is 341 g/mol. The number of methoxy groups -OCH3 is 1. The SMILES string of the molecule is COc1cc(CNC(C)(C)CC(C)(C)C)ccc1OCc1ccccc1F. The van der Waals surface area contributed by atoms with E-state index in [9.17, 15) is 4.39 Å². The van der Waals surface area contributed by atoms with Crippen LogP contribution in [0.1, 0.15) is 52.2 Å². The third-order valence-electron chi connectivity index (χ3n) is 4.31. The van der Waals surface area contributed by atoms with Crippen molar-refractivity contribution in [3.8, 4) is 11.5 Å². The minimum absolute atomic E-state index is 0.0332. The monoisotopic (exact) mass is 373 g/mol. The highest BCUT2D eigenvalue weighted by molar-refractivity contribution is 5.43. The van der Waals surface area contributed by atoms with E-state index < -0.39 is 0 Å². The van der Waals surface area contributed by atoms with Crippen LogP contribution in [0.25, 0.3) is 0 Å². The number of benzene rings is 2. The summed E-state index contributed by atoms with van der Waals surface area (Å²) >= 11 is 0. The molecule has 0 saturated carbocycles. The molecule has 0 fully saturated rings. The van der Waals surface area contributed by atoms with Gasteiger partial charge in [-0.05, 0) is 49.4 Å². The average molecular weight is 374 g/mol. The molecule has 0 aliphatic carbocycles. The minimum Gasteiger partial charge on any atom is -0.493 e. The molecule has 0 saturated heterocycles. The fraction of sp³-hybridized carbons (Fsp3) is 0.478. The van der Waals surface area contributed by atoms with Crippen molar-refractivity contribution in [1.82, 2.24) is 5.32 Å². The first-order valence-electron chi connectivity index (χ1n) is 9.38. The fourth-order valence-corrected chi connectivity index (χ4v) is 3.44. The van der Waals surface area contributed by atoms with Crippen LogP contribution < -0.4 is 14.8 Å². The summed E-state index contributed by atoms with van der Waals surface area (Å²) in [5, 5.41) is 3.62. The first-order valence-corrected chi connectivity index (χ1v) is 9.38. The normalized spacial score (nSPS) is 12.1. The standard InChI is InChI=1S/C23H32FNO2/c1-22(2,3)16-23(4,5)25-14-17-11-12-20(21(13-17)26-6)27-15-18-9-7-8-10-19(18)24/h7-13,25H,14-16H2,1-6H3. The molecule has 3 nitrogen and oxygen atoms in total. The average Bonchev–Trinajstić information content (AvgIpc) is 2.57. The lowest BCUT2D eigenvalue weighted by atomic mass is 9.82. The second-order valence-electron chi connectivity index (χ2n) is 8.84. The highest BCUT2D eigenvalue weighted by Crippen LogP contribution is 2.30. The van der Waals surface area contributed by atoms with E-state index in [4.69, 9.17) is 9.47 Å². The van der Waals surface area contributed by atoms with Crippen LogP contribution in [0.2, 0.25) is 0 Å². The Hall–Kier alpha value is -2.07. The van der Waals surface area contributed by atoms with Crippen molar-refractivity contribution in [2.24, 2.45) is 5.41 Å². The van der Waals surface area contributed by atoms with Crippen LogP contribution in [0.4, 0.5) is 4.39 Å². The van der Waals surface area contributed by atoms with Crippen LogP contribution in [0.15, 0.2) is 42.5 Å². The molecule has 2 aromatic rings. The first-order chi connectivity index (χ1) is 12.6. The summed E-state index contributed by atoms with van der Waals surface area (Å²) < 4.78 is 25.0. The molecule has 2 aromatic carbocycles. The molecule has 0 heterocycles. The Morgan fingerprint density at radius 2 is 1.67 bits per heavy atom. The quantitative estimate of drug-likeness (QED) is 0.642. The van der Waals surface area contributed by atoms with Crippen molar-refractivity contribution < 1.29 is 13.9 Å². The summed E-state index contributed by atoms with van der Waals surface area (Å²) in [6.45, 7) is 12.1. The molecule has 0 bridgehead atoms. The van der Waals surface area contributed by atoms with Crippen molar-refractivity contribution >= 4 is 0 Å². The number of hydrogen-bond donors (Lipinski definition) is 1. The molecule has 0 spiro atoms. The lowest BCUT2D eigenvalue weighted by Gasteiger charge is -2.33. The first kappa shape index (κ1) is 21.2. The van der Waals surface area contributed by atoms with Gasteiger partial charge < -0.3 is 14.8 Å². The van der Waals surface area contributed by atoms with Crippen LogP contribution in [-0.2, 0) is 13.2 Å². The van der Waals surface area contributed by atoms with Crippen molar-refractivity contribution in [3.63, 3.8) is 0 Å². The van der Waals surface area contributed by atoms with Crippen molar-refractivity contribution in [1.29, 1.82) is 0 Å². The number of ether oxygens (including phenoxy) is 2. The van der Waals surface area contributed by atoms with Crippen molar-refractivity contribution in [2.45, 2.75) is 59.7 Å². The van der Waals surface area contributed by atoms with Gasteiger partial charge in [-0.2, -0.15) is 0 Å². The molecule has 148 valence electrons. The Morgan fingerprint density at radius 3 is 2.30 bits per heavy atom. The van der Waals surface area contributed by atoms with E-state index in [2.05, 4.69) is 39.9 Å². The van der Waals surface area contributed by atoms with Gasteiger partial charge >= 0.3 is 0 Å². The van der Waals surface area contributed by atoms with Crippen molar-refractivity contribution in [2.75, 3.05) is 7.11 Å². The smallest absolute Gasteiger partial charge is 0.161 e. The summed E-state index contributed by atoms with van der Waals surface area (Å²) in [6.07, 6.45) is 1.07. The summed E-state index contributed by atoms with van der Waals surface area (Å²) in [5.74, 6) is 0.996. The number of hydrogen-bond acceptors (Lipinski definition) is 3. The summed E-state index contributed by atoms with van der Waals surface area (Å²) in [5.41, 5.74) is 1.94. The van der Waals surface area contributed by atoms with Crippen molar-refractivity contribution in [3.05, 3.63) is 59.4 Å². The second-order valence-corrected chi connectivity index (χ2v) is 8.84. The highest BCUT2D eigenvalue weighted by Gasteiger charge is 2.24. The molecule has 1 N–H and O–H groups in total. The predicted octanol–water partition coefficient (Wildman–Crippen LogP) is 5.72. The number of halogens is 1. The van der Waals surface area contributed by atoms with Crippen LogP contribution >= 0.6 is 0 Å². The third-order valence-corrected chi connectivity index (χ3v) is 4.31. The maximum atomic E-state index is 13.7. The molecule has 27 heavy (non-hydrogen) atoms. The molecule has 2 rings (SSSR count). The Morgan fingerprint density at radius 1 is 0.963 bits per heavy atom. The fourth-order valence-electron chi connectivity index (χ4n) is 3.44. The third kappa shape index (κ3) is 6.87. The van der Waals surface area contributed by atoms with Gasteiger partial charge in [-0.1, -0.05) is 45.0 Å². The molecule has 0 radical (unpaired) electrons. The van der Waals surface area contributed by atoms with Crippen LogP contribution in [0, 0.1) is 11.2 Å². The van der Waals surface area contributed by atoms with E-state index in [-0.39, 0.29) is 23.4 Å². The molecule has 0 atom stereocenters. The second kappa shape index (κ2) is 8.75. The zero-order valence-electron chi connectivity index (χ0n) is 17.4. The van der Waals surface area contributed by atoms with E-state index in [0.29, 0.717) is 17.1 Å². The van der Waals surface area contributed by atoms with Gasteiger partial charge in [0.25, 0.3) is 0 Å². The predicted molar refractivity (Wildman–Crippen MR) is 109 cm³/mol. The molecule has 0 aromatic heterocycles. The number of rotatable bonds is 8. The lowest BCUT2D eigenvalue weighted by Crippen LogP contribution is -2.41. The van der Waals surface area contributed by atoms with Gasteiger partial charge in [0.15, 0.2) is 11.5 Å². The molecule has 0 unspecified atom stereocenters. The Labute approximate surface area is 162 Å². The van der Waals surface area contributed by atoms with E-state index in [1.165, 1.54) is 6.07 Å². The zero-order valence-corrected chi connectivity index (χ0v) is 17.4. The summed E-state index contributed by atoms with van der Waals surface area (Å²) in [4.78, 5) is 0. The van der Waals surface area contributed by atoms with Gasteiger partial charge in [0.2, 0.25) is 0 Å². The molecule has 0 aliphatic heterocycles. The van der Waals surface area contributed by atoms with E-state index in [0.717, 1.165) is 18.5 Å². The van der Waals surface area contributed by atoms with Gasteiger partial charge in [-0.3, -0.25) is 0 Å². The highest BCUT2D eigenvalue weighted by atomic mass is 19.1. The number of nitrogens with one attached hydrogen (secondary N) is 1. The van der Waals surface area contributed by atoms with Crippen LogP contribution in [0.5, 0.6) is 11.5 Å². The van der Waals surface area contributed by atoms with Gasteiger partial charge in [-0.25, -0.2) is 4.39 Å². The van der Waals surface area contributed by atoms with Gasteiger partial charge in [-0.15, -0.1) is 0 Å². The molecular formula is C23H32FNO2. The maximum absolute atomic E-state index is 13.7. The Bertz CT molecular complexity index is 750. The van der Waals surface area contributed by atoms with Crippen LogP contribution in [0.3, 0.4) is 0 Å². The van der Waals surface area contributed by atoms with Gasteiger partial charge in [0.05, 0.1) is 7.11 Å². The lowest BCUT2D eigenvalue weighted by molar-refractivity contribution is 0.240. The molecule has 0 aliphatic rings. The Kier molecular flexibility index (Phi) is 6.88. The minimum atomic E-state index is -0.265. The maximum Gasteiger partial charge on any atom is 0.161 e. The van der Waals surface area contributed by atoms with Gasteiger partial charge in [0, 0.05) is 17.6 Å². The zero-order chi connectivity index (χ0) is 20.1.